The smallest absolute Gasteiger partial charge is 0.115 e. The lowest BCUT2D eigenvalue weighted by Crippen LogP contribution is -2.22. The van der Waals surface area contributed by atoms with Gasteiger partial charge in [0.15, 0.2) is 0 Å². The lowest BCUT2D eigenvalue weighted by molar-refractivity contribution is 0.216. The van der Waals surface area contributed by atoms with E-state index in [0.29, 0.717) is 5.41 Å². The van der Waals surface area contributed by atoms with Crippen LogP contribution in [0.5, 0.6) is 0 Å². The highest BCUT2D eigenvalue weighted by molar-refractivity contribution is 6.08. The van der Waals surface area contributed by atoms with Crippen molar-refractivity contribution < 1.29 is 0 Å². The molecule has 0 bridgehead atoms. The summed E-state index contributed by atoms with van der Waals surface area (Å²) in [5.41, 5.74) is 0.538. The van der Waals surface area contributed by atoms with Gasteiger partial charge in [0.25, 0.3) is 0 Å². The van der Waals surface area contributed by atoms with E-state index in [1.54, 1.807) is 0 Å². The van der Waals surface area contributed by atoms with Gasteiger partial charge in [-0.2, -0.15) is 0 Å². The normalized spacial score (nSPS) is 15.2. The van der Waals surface area contributed by atoms with Gasteiger partial charge in [-0.3, -0.25) is 0 Å². The molecular weight excluding hydrogens is 135 g/mol. The Morgan fingerprint density at radius 2 is 1.80 bits per heavy atom. The van der Waals surface area contributed by atoms with E-state index in [0.717, 1.165) is 5.92 Å². The van der Waals surface area contributed by atoms with Crippen molar-refractivity contribution in [3.8, 4) is 0 Å². The summed E-state index contributed by atoms with van der Waals surface area (Å²) in [6, 6.07) is 0. The zero-order valence-electron chi connectivity index (χ0n) is 7.78. The van der Waals surface area contributed by atoms with Crippen molar-refractivity contribution in [3.05, 3.63) is 0 Å². The van der Waals surface area contributed by atoms with Gasteiger partial charge in [0.2, 0.25) is 0 Å². The molecule has 0 amide bonds. The van der Waals surface area contributed by atoms with Crippen LogP contribution in [0.2, 0.25) is 5.28 Å². The van der Waals surface area contributed by atoms with Crippen LogP contribution in [0.25, 0.3) is 0 Å². The SMILES string of the molecule is CCC([CH2][Al])C(C)(C)CC. The van der Waals surface area contributed by atoms with Crippen LogP contribution >= 0.6 is 0 Å². The Bertz CT molecular complexity index is 82.7. The van der Waals surface area contributed by atoms with Gasteiger partial charge in [0, 0.05) is 0 Å². The molecule has 0 saturated carbocycles. The van der Waals surface area contributed by atoms with Crippen molar-refractivity contribution in [3.63, 3.8) is 0 Å². The van der Waals surface area contributed by atoms with Crippen molar-refractivity contribution in [2.24, 2.45) is 11.3 Å². The van der Waals surface area contributed by atoms with Crippen molar-refractivity contribution in [1.82, 2.24) is 0 Å². The van der Waals surface area contributed by atoms with Crippen LogP contribution in [0.15, 0.2) is 0 Å². The first kappa shape index (κ1) is 10.5. The highest BCUT2D eigenvalue weighted by Crippen LogP contribution is 2.34. The summed E-state index contributed by atoms with van der Waals surface area (Å²) in [5.74, 6) is 0.877. The third-order valence-corrected chi connectivity index (χ3v) is 3.36. The van der Waals surface area contributed by atoms with Crippen LogP contribution in [-0.4, -0.2) is 16.3 Å². The molecule has 0 rings (SSSR count). The van der Waals surface area contributed by atoms with Crippen molar-refractivity contribution in [2.45, 2.75) is 45.8 Å². The Labute approximate surface area is 73.8 Å². The highest BCUT2D eigenvalue weighted by atomic mass is 27.0. The third-order valence-electron chi connectivity index (χ3n) is 2.79. The van der Waals surface area contributed by atoms with E-state index in [-0.39, 0.29) is 0 Å². The van der Waals surface area contributed by atoms with Gasteiger partial charge in [-0.1, -0.05) is 46.5 Å². The quantitative estimate of drug-likeness (QED) is 0.546. The van der Waals surface area contributed by atoms with Gasteiger partial charge in [-0.25, -0.2) is 0 Å². The number of rotatable bonds is 4. The average molecular weight is 154 g/mol. The average Bonchev–Trinajstić information content (AvgIpc) is 1.90. The van der Waals surface area contributed by atoms with Crippen LogP contribution < -0.4 is 0 Å². The van der Waals surface area contributed by atoms with Gasteiger partial charge in [-0.15, -0.1) is 5.28 Å². The first-order valence-corrected chi connectivity index (χ1v) is 5.10. The van der Waals surface area contributed by atoms with Crippen LogP contribution in [0, 0.1) is 11.3 Å². The molecule has 0 heterocycles. The Kier molecular flexibility index (Phi) is 4.65. The first-order valence-electron chi connectivity index (χ1n) is 4.28. The molecule has 58 valence electrons. The molecule has 0 aliphatic rings. The molecule has 0 aromatic heterocycles. The van der Waals surface area contributed by atoms with Crippen LogP contribution in [-0.2, 0) is 0 Å². The van der Waals surface area contributed by atoms with Gasteiger partial charge in [-0.05, 0) is 5.41 Å². The van der Waals surface area contributed by atoms with E-state index in [1.165, 1.54) is 18.1 Å². The summed E-state index contributed by atoms with van der Waals surface area (Å²) >= 11 is 2.86. The van der Waals surface area contributed by atoms with Gasteiger partial charge in [0.05, 0.1) is 0 Å². The monoisotopic (exact) mass is 154 g/mol. The fourth-order valence-electron chi connectivity index (χ4n) is 1.33. The maximum absolute atomic E-state index is 2.86. The zero-order chi connectivity index (χ0) is 8.20. The summed E-state index contributed by atoms with van der Waals surface area (Å²) in [4.78, 5) is 0. The summed E-state index contributed by atoms with van der Waals surface area (Å²) < 4.78 is 0. The molecule has 10 heavy (non-hydrogen) atoms. The fourth-order valence-corrected chi connectivity index (χ4v) is 2.30. The predicted octanol–water partition coefficient (Wildman–Crippen LogP) is 3.04. The maximum Gasteiger partial charge on any atom is 0.118 e. The van der Waals surface area contributed by atoms with E-state index in [4.69, 9.17) is 0 Å². The molecular formula is C9H19Al. The van der Waals surface area contributed by atoms with E-state index < -0.39 is 0 Å². The second-order valence-electron chi connectivity index (χ2n) is 3.68. The molecule has 0 aliphatic carbocycles. The van der Waals surface area contributed by atoms with Gasteiger partial charge < -0.3 is 0 Å². The second kappa shape index (κ2) is 4.42. The van der Waals surface area contributed by atoms with E-state index >= 15 is 0 Å². The van der Waals surface area contributed by atoms with Crippen molar-refractivity contribution in [1.29, 1.82) is 0 Å². The van der Waals surface area contributed by atoms with E-state index in [9.17, 15) is 0 Å². The van der Waals surface area contributed by atoms with Gasteiger partial charge in [0.1, 0.15) is 16.3 Å². The minimum Gasteiger partial charge on any atom is -0.115 e. The standard InChI is InChI=1S/C9H19.Al/c1-6-8(3)9(4,5)7-2;/h8H,3,6-7H2,1-2,4-5H3;. The molecule has 1 atom stereocenters. The largest absolute Gasteiger partial charge is 0.118 e. The minimum atomic E-state index is 0.538. The highest BCUT2D eigenvalue weighted by Gasteiger charge is 2.23. The molecule has 1 heteroatoms. The van der Waals surface area contributed by atoms with Crippen molar-refractivity contribution in [2.75, 3.05) is 0 Å². The molecule has 0 aromatic rings. The second-order valence-corrected chi connectivity index (χ2v) is 4.15. The lowest BCUT2D eigenvalue weighted by Gasteiger charge is -2.32. The minimum absolute atomic E-state index is 0.538. The maximum atomic E-state index is 2.86. The first-order chi connectivity index (χ1) is 4.58. The number of hydrogen-bond donors (Lipinski definition) is 0. The molecule has 0 aromatic carbocycles. The molecule has 0 spiro atoms. The molecule has 0 fully saturated rings. The molecule has 0 nitrogen and oxygen atoms in total. The van der Waals surface area contributed by atoms with Crippen LogP contribution in [0.3, 0.4) is 0 Å². The molecule has 0 aliphatic heterocycles. The fraction of sp³-hybridized carbons (Fsp3) is 1.00. The predicted molar refractivity (Wildman–Crippen MR) is 48.4 cm³/mol. The third kappa shape index (κ3) is 2.64. The topological polar surface area (TPSA) is 0 Å². The summed E-state index contributed by atoms with van der Waals surface area (Å²) in [6.07, 6.45) is 2.60. The zero-order valence-corrected chi connectivity index (χ0v) is 8.93. The number of hydrogen-bond acceptors (Lipinski definition) is 0. The van der Waals surface area contributed by atoms with E-state index in [2.05, 4.69) is 44.0 Å². The Morgan fingerprint density at radius 1 is 1.30 bits per heavy atom. The Morgan fingerprint density at radius 3 is 1.90 bits per heavy atom. The van der Waals surface area contributed by atoms with Crippen LogP contribution in [0.4, 0.5) is 0 Å². The summed E-state index contributed by atoms with van der Waals surface area (Å²) in [7, 11) is 0. The summed E-state index contributed by atoms with van der Waals surface area (Å²) in [6.45, 7) is 9.30. The van der Waals surface area contributed by atoms with E-state index in [1.807, 2.05) is 0 Å². The van der Waals surface area contributed by atoms with Crippen LogP contribution in [0.1, 0.15) is 40.5 Å². The Balaban J connectivity index is 3.97. The van der Waals surface area contributed by atoms with Gasteiger partial charge >= 0.3 is 0 Å². The van der Waals surface area contributed by atoms with Crippen molar-refractivity contribution >= 4 is 16.3 Å². The summed E-state index contributed by atoms with van der Waals surface area (Å²) in [5, 5.41) is 1.25. The molecule has 2 radical (unpaired) electrons. The molecule has 0 saturated heterocycles. The molecule has 1 unspecified atom stereocenters. The lowest BCUT2D eigenvalue weighted by atomic mass is 9.76. The Hall–Kier alpha value is 0.532. The molecule has 0 N–H and O–H groups in total.